The molecule has 0 bridgehead atoms. The van der Waals surface area contributed by atoms with Crippen LogP contribution in [-0.2, 0) is 0 Å². The van der Waals surface area contributed by atoms with Crippen LogP contribution in [-0.4, -0.2) is 12.2 Å². The number of hydrogen-bond donors (Lipinski definition) is 2. The summed E-state index contributed by atoms with van der Waals surface area (Å²) in [7, 11) is 1.87. The summed E-state index contributed by atoms with van der Waals surface area (Å²) in [6, 6.07) is 3.84. The van der Waals surface area contributed by atoms with Crippen LogP contribution >= 0.6 is 0 Å². The Balaban J connectivity index is 3.21. The van der Waals surface area contributed by atoms with Gasteiger partial charge in [-0.1, -0.05) is 0 Å². The van der Waals surface area contributed by atoms with Crippen molar-refractivity contribution >= 4 is 5.69 Å². The first-order chi connectivity index (χ1) is 5.15. The molecule has 0 aliphatic carbocycles. The van der Waals surface area contributed by atoms with Gasteiger partial charge in [0.25, 0.3) is 0 Å². The molecule has 0 amide bonds. The topological polar surface area (TPSA) is 32.3 Å². The smallest absolute Gasteiger partial charge is 0.121 e. The number of rotatable bonds is 1. The Hall–Kier alpha value is -1.18. The van der Waals surface area contributed by atoms with Crippen LogP contribution in [0.5, 0.6) is 5.75 Å². The van der Waals surface area contributed by atoms with Gasteiger partial charge >= 0.3 is 0 Å². The highest BCUT2D eigenvalue weighted by Gasteiger charge is 2.00. The molecule has 0 unspecified atom stereocenters. The van der Waals surface area contributed by atoms with E-state index < -0.39 is 0 Å². The van der Waals surface area contributed by atoms with Gasteiger partial charge in [-0.05, 0) is 37.1 Å². The Kier molecular flexibility index (Phi) is 2.03. The lowest BCUT2D eigenvalue weighted by atomic mass is 10.1. The zero-order valence-corrected chi connectivity index (χ0v) is 7.10. The summed E-state index contributed by atoms with van der Waals surface area (Å²) in [4.78, 5) is 0. The van der Waals surface area contributed by atoms with E-state index >= 15 is 0 Å². The molecule has 1 aromatic rings. The second kappa shape index (κ2) is 2.82. The number of hydrogen-bond acceptors (Lipinski definition) is 2. The maximum Gasteiger partial charge on any atom is 0.121 e. The number of anilines is 1. The molecule has 0 heterocycles. The molecule has 0 saturated carbocycles. The fourth-order valence-corrected chi connectivity index (χ4v) is 1.10. The number of benzene rings is 1. The highest BCUT2D eigenvalue weighted by molar-refractivity contribution is 5.54. The fourth-order valence-electron chi connectivity index (χ4n) is 1.10. The molecule has 1 rings (SSSR count). The lowest BCUT2D eigenvalue weighted by Crippen LogP contribution is -1.90. The molecule has 0 aromatic heterocycles. The Morgan fingerprint density at radius 1 is 1.18 bits per heavy atom. The SMILES string of the molecule is CNc1cc(C)c(O)c(C)c1. The van der Waals surface area contributed by atoms with Gasteiger partial charge in [0.2, 0.25) is 0 Å². The summed E-state index contributed by atoms with van der Waals surface area (Å²) >= 11 is 0. The van der Waals surface area contributed by atoms with Crippen LogP contribution < -0.4 is 5.32 Å². The van der Waals surface area contributed by atoms with E-state index in [1.807, 2.05) is 33.0 Å². The van der Waals surface area contributed by atoms with Gasteiger partial charge in [0.15, 0.2) is 0 Å². The highest BCUT2D eigenvalue weighted by Crippen LogP contribution is 2.24. The molecule has 0 atom stereocenters. The average molecular weight is 151 g/mol. The third-order valence-electron chi connectivity index (χ3n) is 1.78. The van der Waals surface area contributed by atoms with Crippen LogP contribution in [0.2, 0.25) is 0 Å². The first kappa shape index (κ1) is 7.92. The number of nitrogens with one attached hydrogen (secondary N) is 1. The van der Waals surface area contributed by atoms with E-state index in [9.17, 15) is 5.11 Å². The van der Waals surface area contributed by atoms with E-state index in [2.05, 4.69) is 5.32 Å². The molecule has 0 aliphatic rings. The summed E-state index contributed by atoms with van der Waals surface area (Å²) in [6.45, 7) is 3.78. The molecule has 0 saturated heterocycles. The second-order valence-corrected chi connectivity index (χ2v) is 2.71. The van der Waals surface area contributed by atoms with E-state index in [0.717, 1.165) is 16.8 Å². The number of phenols is 1. The zero-order chi connectivity index (χ0) is 8.43. The molecular formula is C9H13NO. The Bertz CT molecular complexity index is 245. The normalized spacial score (nSPS) is 9.73. The van der Waals surface area contributed by atoms with E-state index in [0.29, 0.717) is 5.75 Å². The van der Waals surface area contributed by atoms with Gasteiger partial charge in [0, 0.05) is 12.7 Å². The van der Waals surface area contributed by atoms with Crippen LogP contribution in [0.1, 0.15) is 11.1 Å². The molecule has 2 nitrogen and oxygen atoms in total. The number of aryl methyl sites for hydroxylation is 2. The largest absolute Gasteiger partial charge is 0.507 e. The summed E-state index contributed by atoms with van der Waals surface area (Å²) in [5.41, 5.74) is 2.86. The van der Waals surface area contributed by atoms with Crippen molar-refractivity contribution in [3.8, 4) is 5.75 Å². The van der Waals surface area contributed by atoms with E-state index in [1.165, 1.54) is 0 Å². The quantitative estimate of drug-likeness (QED) is 0.602. The highest BCUT2D eigenvalue weighted by atomic mass is 16.3. The molecule has 0 aliphatic heterocycles. The lowest BCUT2D eigenvalue weighted by Gasteiger charge is -2.06. The molecule has 2 N–H and O–H groups in total. The van der Waals surface area contributed by atoms with E-state index in [1.54, 1.807) is 0 Å². The zero-order valence-electron chi connectivity index (χ0n) is 7.10. The molecule has 0 spiro atoms. The molecule has 60 valence electrons. The van der Waals surface area contributed by atoms with Crippen molar-refractivity contribution in [3.63, 3.8) is 0 Å². The lowest BCUT2D eigenvalue weighted by molar-refractivity contribution is 0.467. The van der Waals surface area contributed by atoms with Crippen LogP contribution in [0.15, 0.2) is 12.1 Å². The second-order valence-electron chi connectivity index (χ2n) is 2.71. The van der Waals surface area contributed by atoms with Gasteiger partial charge < -0.3 is 10.4 Å². The Labute approximate surface area is 66.9 Å². The summed E-state index contributed by atoms with van der Waals surface area (Å²) in [5, 5.41) is 12.4. The number of aromatic hydroxyl groups is 1. The standard InChI is InChI=1S/C9H13NO/c1-6-4-8(10-3)5-7(2)9(6)11/h4-5,10-11H,1-3H3. The minimum atomic E-state index is 0.393. The van der Waals surface area contributed by atoms with Crippen molar-refractivity contribution in [2.24, 2.45) is 0 Å². The van der Waals surface area contributed by atoms with Crippen LogP contribution in [0.25, 0.3) is 0 Å². The van der Waals surface area contributed by atoms with Crippen molar-refractivity contribution < 1.29 is 5.11 Å². The third kappa shape index (κ3) is 1.45. The maximum absolute atomic E-state index is 9.40. The van der Waals surface area contributed by atoms with E-state index in [-0.39, 0.29) is 0 Å². The minimum absolute atomic E-state index is 0.393. The van der Waals surface area contributed by atoms with Crippen LogP contribution in [0, 0.1) is 13.8 Å². The van der Waals surface area contributed by atoms with Gasteiger partial charge in [0.1, 0.15) is 5.75 Å². The van der Waals surface area contributed by atoms with Gasteiger partial charge in [-0.2, -0.15) is 0 Å². The minimum Gasteiger partial charge on any atom is -0.507 e. The van der Waals surface area contributed by atoms with Crippen LogP contribution in [0.4, 0.5) is 5.69 Å². The fraction of sp³-hybridized carbons (Fsp3) is 0.333. The summed E-state index contributed by atoms with van der Waals surface area (Å²) in [5.74, 6) is 0.393. The van der Waals surface area contributed by atoms with Gasteiger partial charge in [-0.15, -0.1) is 0 Å². The maximum atomic E-state index is 9.40. The van der Waals surface area contributed by atoms with Crippen molar-refractivity contribution in [1.82, 2.24) is 0 Å². The molecule has 11 heavy (non-hydrogen) atoms. The molecule has 2 heteroatoms. The van der Waals surface area contributed by atoms with Crippen molar-refractivity contribution in [3.05, 3.63) is 23.3 Å². The summed E-state index contributed by atoms with van der Waals surface area (Å²) in [6.07, 6.45) is 0. The summed E-state index contributed by atoms with van der Waals surface area (Å²) < 4.78 is 0. The van der Waals surface area contributed by atoms with Gasteiger partial charge in [-0.3, -0.25) is 0 Å². The van der Waals surface area contributed by atoms with Gasteiger partial charge in [-0.25, -0.2) is 0 Å². The molecule has 1 aromatic carbocycles. The van der Waals surface area contributed by atoms with Crippen molar-refractivity contribution in [2.75, 3.05) is 12.4 Å². The predicted molar refractivity (Wildman–Crippen MR) is 47.1 cm³/mol. The molecule has 0 fully saturated rings. The Morgan fingerprint density at radius 2 is 1.64 bits per heavy atom. The average Bonchev–Trinajstić information content (AvgIpc) is 1.99. The molecule has 0 radical (unpaired) electrons. The third-order valence-corrected chi connectivity index (χ3v) is 1.78. The molecular weight excluding hydrogens is 138 g/mol. The Morgan fingerprint density at radius 3 is 2.00 bits per heavy atom. The van der Waals surface area contributed by atoms with E-state index in [4.69, 9.17) is 0 Å². The van der Waals surface area contributed by atoms with Crippen molar-refractivity contribution in [2.45, 2.75) is 13.8 Å². The van der Waals surface area contributed by atoms with Gasteiger partial charge in [0.05, 0.1) is 0 Å². The monoisotopic (exact) mass is 151 g/mol. The number of phenolic OH excluding ortho intramolecular Hbond substituents is 1. The first-order valence-electron chi connectivity index (χ1n) is 3.63. The predicted octanol–water partition coefficient (Wildman–Crippen LogP) is 2.05. The van der Waals surface area contributed by atoms with Crippen LogP contribution in [0.3, 0.4) is 0 Å². The van der Waals surface area contributed by atoms with Crippen molar-refractivity contribution in [1.29, 1.82) is 0 Å². The first-order valence-corrected chi connectivity index (χ1v) is 3.63.